The van der Waals surface area contributed by atoms with E-state index < -0.39 is 0 Å². The molecule has 2 rings (SSSR count). The van der Waals surface area contributed by atoms with Crippen LogP contribution in [0.1, 0.15) is 5.56 Å². The van der Waals surface area contributed by atoms with Gasteiger partial charge in [0.15, 0.2) is 11.0 Å². The monoisotopic (exact) mass is 330 g/mol. The van der Waals surface area contributed by atoms with Gasteiger partial charge in [-0.1, -0.05) is 11.6 Å². The highest BCUT2D eigenvalue weighted by molar-refractivity contribution is 9.10. The maximum atomic E-state index is 13.5. The van der Waals surface area contributed by atoms with Crippen LogP contribution in [0.5, 0.6) is 0 Å². The normalized spacial score (nSPS) is 10.4. The van der Waals surface area contributed by atoms with Gasteiger partial charge in [0.2, 0.25) is 0 Å². The van der Waals surface area contributed by atoms with Crippen molar-refractivity contribution in [1.29, 1.82) is 0 Å². The van der Waals surface area contributed by atoms with Crippen LogP contribution in [0.2, 0.25) is 5.15 Å². The van der Waals surface area contributed by atoms with Crippen LogP contribution < -0.4 is 11.1 Å². The molecule has 0 radical (unpaired) electrons. The van der Waals surface area contributed by atoms with Gasteiger partial charge in [0.25, 0.3) is 0 Å². The van der Waals surface area contributed by atoms with E-state index in [-0.39, 0.29) is 16.7 Å². The Labute approximate surface area is 117 Å². The van der Waals surface area contributed by atoms with Crippen molar-refractivity contribution in [3.8, 4) is 0 Å². The molecule has 4 nitrogen and oxygen atoms in total. The van der Waals surface area contributed by atoms with Gasteiger partial charge in [-0.3, -0.25) is 0 Å². The zero-order valence-corrected chi connectivity index (χ0v) is 11.7. The second-order valence-corrected chi connectivity index (χ2v) is 4.85. The largest absolute Gasteiger partial charge is 0.393 e. The second-order valence-electron chi connectivity index (χ2n) is 3.63. The number of anilines is 3. The van der Waals surface area contributed by atoms with E-state index in [1.165, 1.54) is 12.4 Å². The highest BCUT2D eigenvalue weighted by Gasteiger charge is 2.10. The molecule has 0 bridgehead atoms. The molecule has 0 aliphatic rings. The van der Waals surface area contributed by atoms with E-state index in [1.807, 2.05) is 6.92 Å². The average Bonchev–Trinajstić information content (AvgIpc) is 2.32. The molecule has 94 valence electrons. The van der Waals surface area contributed by atoms with Gasteiger partial charge in [0, 0.05) is 5.69 Å². The van der Waals surface area contributed by atoms with E-state index in [1.54, 1.807) is 6.07 Å². The second kappa shape index (κ2) is 5.07. The fraction of sp³-hybridized carbons (Fsp3) is 0.0909. The van der Waals surface area contributed by atoms with Crippen LogP contribution in [0.25, 0.3) is 0 Å². The van der Waals surface area contributed by atoms with Gasteiger partial charge in [0.05, 0.1) is 4.47 Å². The summed E-state index contributed by atoms with van der Waals surface area (Å²) in [7, 11) is 0. The molecular weight excluding hydrogens is 323 g/mol. The standard InChI is InChI=1S/C11H9BrClFN4/c1-5-2-6(12)7(14)3-8(5)18-11-9(15)10(13)16-4-17-11/h2-4H,15H2,1H3,(H,16,17,18). The summed E-state index contributed by atoms with van der Waals surface area (Å²) in [5.74, 6) is -0.0263. The Morgan fingerprint density at radius 2 is 2.11 bits per heavy atom. The molecule has 0 unspecified atom stereocenters. The molecule has 0 amide bonds. The van der Waals surface area contributed by atoms with Crippen LogP contribution >= 0.6 is 27.5 Å². The summed E-state index contributed by atoms with van der Waals surface area (Å²) >= 11 is 8.90. The first-order chi connectivity index (χ1) is 8.49. The predicted octanol–water partition coefficient (Wildman–Crippen LogP) is 3.67. The molecule has 0 saturated heterocycles. The van der Waals surface area contributed by atoms with Crippen molar-refractivity contribution in [1.82, 2.24) is 9.97 Å². The Bertz CT molecular complexity index is 606. The summed E-state index contributed by atoms with van der Waals surface area (Å²) in [6.07, 6.45) is 1.28. The van der Waals surface area contributed by atoms with Crippen LogP contribution in [0.15, 0.2) is 22.9 Å². The van der Waals surface area contributed by atoms with Gasteiger partial charge in [-0.2, -0.15) is 0 Å². The number of nitrogen functional groups attached to an aromatic ring is 1. The number of rotatable bonds is 2. The van der Waals surface area contributed by atoms with Crippen molar-refractivity contribution in [2.75, 3.05) is 11.1 Å². The van der Waals surface area contributed by atoms with E-state index in [9.17, 15) is 4.39 Å². The van der Waals surface area contributed by atoms with Crippen LogP contribution in [-0.2, 0) is 0 Å². The average molecular weight is 332 g/mol. The third-order valence-electron chi connectivity index (χ3n) is 2.36. The highest BCUT2D eigenvalue weighted by atomic mass is 79.9. The van der Waals surface area contributed by atoms with Crippen LogP contribution in [0.4, 0.5) is 21.6 Å². The van der Waals surface area contributed by atoms with Crippen molar-refractivity contribution < 1.29 is 4.39 Å². The van der Waals surface area contributed by atoms with Gasteiger partial charge in [-0.05, 0) is 40.5 Å². The van der Waals surface area contributed by atoms with Gasteiger partial charge in [0.1, 0.15) is 17.8 Å². The molecule has 0 fully saturated rings. The van der Waals surface area contributed by atoms with Gasteiger partial charge >= 0.3 is 0 Å². The predicted molar refractivity (Wildman–Crippen MR) is 73.6 cm³/mol. The van der Waals surface area contributed by atoms with E-state index in [0.29, 0.717) is 16.0 Å². The Hall–Kier alpha value is -1.40. The number of aryl methyl sites for hydroxylation is 1. The summed E-state index contributed by atoms with van der Waals surface area (Å²) in [4.78, 5) is 7.70. The lowest BCUT2D eigenvalue weighted by atomic mass is 10.2. The molecular formula is C11H9BrClFN4. The quantitative estimate of drug-likeness (QED) is 0.824. The molecule has 0 spiro atoms. The van der Waals surface area contributed by atoms with Gasteiger partial charge in [-0.15, -0.1) is 0 Å². The van der Waals surface area contributed by atoms with Gasteiger partial charge < -0.3 is 11.1 Å². The molecule has 0 aliphatic heterocycles. The lowest BCUT2D eigenvalue weighted by Gasteiger charge is -2.11. The molecule has 0 atom stereocenters. The molecule has 0 saturated carbocycles. The Balaban J connectivity index is 2.40. The summed E-state index contributed by atoms with van der Waals surface area (Å²) in [6, 6.07) is 3.02. The number of benzene rings is 1. The fourth-order valence-electron chi connectivity index (χ4n) is 1.38. The lowest BCUT2D eigenvalue weighted by Crippen LogP contribution is -2.02. The lowest BCUT2D eigenvalue weighted by molar-refractivity contribution is 0.621. The molecule has 1 aromatic heterocycles. The first kappa shape index (κ1) is 13.0. The minimum absolute atomic E-state index is 0.155. The molecule has 7 heteroatoms. The van der Waals surface area contributed by atoms with Crippen molar-refractivity contribution in [3.63, 3.8) is 0 Å². The minimum Gasteiger partial charge on any atom is -0.393 e. The van der Waals surface area contributed by atoms with Crippen molar-refractivity contribution in [2.24, 2.45) is 0 Å². The number of nitrogens with two attached hydrogens (primary N) is 1. The zero-order chi connectivity index (χ0) is 13.3. The maximum Gasteiger partial charge on any atom is 0.158 e. The topological polar surface area (TPSA) is 63.8 Å². The highest BCUT2D eigenvalue weighted by Crippen LogP contribution is 2.29. The number of halogens is 3. The van der Waals surface area contributed by atoms with E-state index in [4.69, 9.17) is 17.3 Å². The first-order valence-electron chi connectivity index (χ1n) is 4.97. The van der Waals surface area contributed by atoms with Crippen molar-refractivity contribution in [3.05, 3.63) is 39.5 Å². The molecule has 3 N–H and O–H groups in total. The third-order valence-corrected chi connectivity index (χ3v) is 3.26. The Morgan fingerprint density at radius 1 is 1.39 bits per heavy atom. The molecule has 18 heavy (non-hydrogen) atoms. The fourth-order valence-corrected chi connectivity index (χ4v) is 1.97. The molecule has 1 aromatic carbocycles. The minimum atomic E-state index is -0.373. The third kappa shape index (κ3) is 2.54. The van der Waals surface area contributed by atoms with Crippen LogP contribution in [0.3, 0.4) is 0 Å². The van der Waals surface area contributed by atoms with Crippen LogP contribution in [0, 0.1) is 12.7 Å². The number of hydrogen-bond acceptors (Lipinski definition) is 4. The van der Waals surface area contributed by atoms with E-state index >= 15 is 0 Å². The van der Waals surface area contributed by atoms with Gasteiger partial charge in [-0.25, -0.2) is 14.4 Å². The zero-order valence-electron chi connectivity index (χ0n) is 9.34. The number of aromatic nitrogens is 2. The summed E-state index contributed by atoms with van der Waals surface area (Å²) in [6.45, 7) is 1.84. The molecule has 0 aliphatic carbocycles. The molecule has 1 heterocycles. The number of hydrogen-bond donors (Lipinski definition) is 2. The van der Waals surface area contributed by atoms with Crippen molar-refractivity contribution in [2.45, 2.75) is 6.92 Å². The van der Waals surface area contributed by atoms with Crippen molar-refractivity contribution >= 4 is 44.7 Å². The number of nitrogens with one attached hydrogen (secondary N) is 1. The Kier molecular flexibility index (Phi) is 3.68. The summed E-state index contributed by atoms with van der Waals surface area (Å²) in [5, 5.41) is 3.08. The number of nitrogens with zero attached hydrogens (tertiary/aromatic N) is 2. The smallest absolute Gasteiger partial charge is 0.158 e. The van der Waals surface area contributed by atoms with E-state index in [2.05, 4.69) is 31.2 Å². The summed E-state index contributed by atoms with van der Waals surface area (Å²) < 4.78 is 13.9. The summed E-state index contributed by atoms with van der Waals surface area (Å²) in [5.41, 5.74) is 7.36. The maximum absolute atomic E-state index is 13.5. The SMILES string of the molecule is Cc1cc(Br)c(F)cc1Nc1ncnc(Cl)c1N. The van der Waals surface area contributed by atoms with E-state index in [0.717, 1.165) is 5.56 Å². The molecule has 2 aromatic rings. The first-order valence-corrected chi connectivity index (χ1v) is 6.14. The van der Waals surface area contributed by atoms with Crippen LogP contribution in [-0.4, -0.2) is 9.97 Å². The Morgan fingerprint density at radius 3 is 2.83 bits per heavy atom.